The second-order valence-corrected chi connectivity index (χ2v) is 5.71. The van der Waals surface area contributed by atoms with Crippen LogP contribution in [0.5, 0.6) is 0 Å². The Bertz CT molecular complexity index is 334. The van der Waals surface area contributed by atoms with Gasteiger partial charge in [-0.1, -0.05) is 12.8 Å². The van der Waals surface area contributed by atoms with E-state index in [1.165, 1.54) is 0 Å². The molecule has 0 bridgehead atoms. The van der Waals surface area contributed by atoms with Crippen molar-refractivity contribution in [3.8, 4) is 0 Å². The van der Waals surface area contributed by atoms with Crippen molar-refractivity contribution in [2.75, 3.05) is 20.6 Å². The van der Waals surface area contributed by atoms with Gasteiger partial charge in [0.25, 0.3) is 0 Å². The molecule has 1 unspecified atom stereocenters. The average molecular weight is 281 g/mol. The molecule has 0 saturated heterocycles. The van der Waals surface area contributed by atoms with Crippen molar-refractivity contribution in [2.24, 2.45) is 5.73 Å². The van der Waals surface area contributed by atoms with E-state index in [0.29, 0.717) is 6.92 Å². The standard InChI is InChI=1S/C12H22F3N3O/c1-10(16,12(13,14)15)9(19)17-8-11(18(2)3)6-4-5-7-11/h4-8,16H2,1-3H3,(H,17,19). The number of carbonyl (C=O) groups excluding carboxylic acids is 1. The first-order valence-electron chi connectivity index (χ1n) is 6.34. The molecule has 0 radical (unpaired) electrons. The van der Waals surface area contributed by atoms with Crippen LogP contribution in [0.25, 0.3) is 0 Å². The van der Waals surface area contributed by atoms with Crippen LogP contribution in [0.4, 0.5) is 13.2 Å². The lowest BCUT2D eigenvalue weighted by molar-refractivity contribution is -0.187. The van der Waals surface area contributed by atoms with Crippen LogP contribution < -0.4 is 11.1 Å². The summed E-state index contributed by atoms with van der Waals surface area (Å²) in [6.45, 7) is 0.890. The number of hydrogen-bond acceptors (Lipinski definition) is 3. The molecule has 1 saturated carbocycles. The number of likely N-dealkylation sites (N-methyl/N-ethyl adjacent to an activating group) is 1. The molecule has 7 heteroatoms. The van der Waals surface area contributed by atoms with Crippen molar-refractivity contribution in [3.63, 3.8) is 0 Å². The first kappa shape index (κ1) is 16.2. The smallest absolute Gasteiger partial charge is 0.352 e. The Labute approximate surface area is 111 Å². The molecule has 112 valence electrons. The van der Waals surface area contributed by atoms with E-state index < -0.39 is 17.6 Å². The minimum atomic E-state index is -4.75. The lowest BCUT2D eigenvalue weighted by atomic mass is 9.95. The predicted octanol–water partition coefficient (Wildman–Crippen LogP) is 1.26. The van der Waals surface area contributed by atoms with Gasteiger partial charge < -0.3 is 16.0 Å². The SMILES string of the molecule is CN(C)C1(CNC(=O)C(C)(N)C(F)(F)F)CCCC1. The Morgan fingerprint density at radius 1 is 1.32 bits per heavy atom. The Kier molecular flexibility index (Phi) is 4.51. The average Bonchev–Trinajstić information content (AvgIpc) is 2.74. The third-order valence-electron chi connectivity index (χ3n) is 4.12. The topological polar surface area (TPSA) is 58.4 Å². The Balaban J connectivity index is 2.68. The first-order chi connectivity index (χ1) is 8.53. The molecule has 0 aliphatic heterocycles. The van der Waals surface area contributed by atoms with E-state index in [1.54, 1.807) is 0 Å². The van der Waals surface area contributed by atoms with Gasteiger partial charge in [0.1, 0.15) is 0 Å². The molecule has 19 heavy (non-hydrogen) atoms. The van der Waals surface area contributed by atoms with Crippen LogP contribution in [-0.4, -0.2) is 48.7 Å². The van der Waals surface area contributed by atoms with Crippen molar-refractivity contribution in [1.82, 2.24) is 10.2 Å². The fourth-order valence-electron chi connectivity index (χ4n) is 2.37. The van der Waals surface area contributed by atoms with Crippen molar-refractivity contribution in [2.45, 2.75) is 49.9 Å². The zero-order chi connectivity index (χ0) is 14.9. The third kappa shape index (κ3) is 3.20. The second kappa shape index (κ2) is 5.28. The van der Waals surface area contributed by atoms with Gasteiger partial charge in [-0.25, -0.2) is 0 Å². The van der Waals surface area contributed by atoms with Gasteiger partial charge in [0, 0.05) is 12.1 Å². The largest absolute Gasteiger partial charge is 0.415 e. The van der Waals surface area contributed by atoms with Gasteiger partial charge in [0.15, 0.2) is 5.54 Å². The van der Waals surface area contributed by atoms with E-state index in [2.05, 4.69) is 5.32 Å². The lowest BCUT2D eigenvalue weighted by Crippen LogP contribution is -2.63. The van der Waals surface area contributed by atoms with E-state index in [9.17, 15) is 18.0 Å². The van der Waals surface area contributed by atoms with Crippen LogP contribution in [0.3, 0.4) is 0 Å². The number of rotatable bonds is 4. The molecule has 0 heterocycles. The molecule has 1 fully saturated rings. The highest BCUT2D eigenvalue weighted by atomic mass is 19.4. The Hall–Kier alpha value is -0.820. The van der Waals surface area contributed by atoms with Crippen LogP contribution in [0, 0.1) is 0 Å². The van der Waals surface area contributed by atoms with Gasteiger partial charge in [0.2, 0.25) is 5.91 Å². The maximum absolute atomic E-state index is 12.6. The van der Waals surface area contributed by atoms with E-state index >= 15 is 0 Å². The summed E-state index contributed by atoms with van der Waals surface area (Å²) in [5.41, 5.74) is 1.99. The first-order valence-corrected chi connectivity index (χ1v) is 6.34. The fourth-order valence-corrected chi connectivity index (χ4v) is 2.37. The number of nitrogens with two attached hydrogens (primary N) is 1. The van der Waals surface area contributed by atoms with Crippen LogP contribution >= 0.6 is 0 Å². The van der Waals surface area contributed by atoms with Gasteiger partial charge in [-0.3, -0.25) is 4.79 Å². The molecule has 0 aromatic heterocycles. The number of carbonyl (C=O) groups is 1. The van der Waals surface area contributed by atoms with Crippen molar-refractivity contribution < 1.29 is 18.0 Å². The molecule has 4 nitrogen and oxygen atoms in total. The summed E-state index contributed by atoms with van der Waals surface area (Å²) < 4.78 is 37.9. The summed E-state index contributed by atoms with van der Waals surface area (Å²) >= 11 is 0. The van der Waals surface area contributed by atoms with Crippen molar-refractivity contribution in [3.05, 3.63) is 0 Å². The van der Waals surface area contributed by atoms with Crippen LogP contribution in [-0.2, 0) is 4.79 Å². The monoisotopic (exact) mass is 281 g/mol. The zero-order valence-electron chi connectivity index (χ0n) is 11.6. The molecular formula is C12H22F3N3O. The summed E-state index contributed by atoms with van der Waals surface area (Å²) in [7, 11) is 3.76. The van der Waals surface area contributed by atoms with Crippen LogP contribution in [0.15, 0.2) is 0 Å². The highest BCUT2D eigenvalue weighted by Crippen LogP contribution is 2.33. The molecule has 0 spiro atoms. The number of amides is 1. The number of nitrogens with zero attached hydrogens (tertiary/aromatic N) is 1. The van der Waals surface area contributed by atoms with Gasteiger partial charge in [-0.05, 0) is 33.9 Å². The zero-order valence-corrected chi connectivity index (χ0v) is 11.6. The lowest BCUT2D eigenvalue weighted by Gasteiger charge is -2.37. The van der Waals surface area contributed by atoms with Gasteiger partial charge in [0.05, 0.1) is 0 Å². The van der Waals surface area contributed by atoms with Gasteiger partial charge >= 0.3 is 6.18 Å². The second-order valence-electron chi connectivity index (χ2n) is 5.71. The quantitative estimate of drug-likeness (QED) is 0.815. The van der Waals surface area contributed by atoms with Crippen LogP contribution in [0.1, 0.15) is 32.6 Å². The Morgan fingerprint density at radius 2 is 1.79 bits per heavy atom. The van der Waals surface area contributed by atoms with Gasteiger partial charge in [-0.2, -0.15) is 13.2 Å². The van der Waals surface area contributed by atoms with E-state index in [4.69, 9.17) is 5.73 Å². The molecule has 0 aromatic carbocycles. The highest BCUT2D eigenvalue weighted by Gasteiger charge is 2.54. The number of halogens is 3. The van der Waals surface area contributed by atoms with Crippen LogP contribution in [0.2, 0.25) is 0 Å². The van der Waals surface area contributed by atoms with Crippen molar-refractivity contribution >= 4 is 5.91 Å². The molecule has 1 aliphatic rings. The number of alkyl halides is 3. The summed E-state index contributed by atoms with van der Waals surface area (Å²) in [4.78, 5) is 13.6. The summed E-state index contributed by atoms with van der Waals surface area (Å²) in [5, 5.41) is 2.37. The normalized spacial score (nSPS) is 22.3. The third-order valence-corrected chi connectivity index (χ3v) is 4.12. The minimum Gasteiger partial charge on any atom is -0.352 e. The number of nitrogens with one attached hydrogen (secondary N) is 1. The van der Waals surface area contributed by atoms with E-state index in [0.717, 1.165) is 25.7 Å². The molecule has 3 N–H and O–H groups in total. The Morgan fingerprint density at radius 3 is 2.16 bits per heavy atom. The molecule has 1 aliphatic carbocycles. The predicted molar refractivity (Wildman–Crippen MR) is 66.5 cm³/mol. The molecule has 1 amide bonds. The fraction of sp³-hybridized carbons (Fsp3) is 0.917. The molecular weight excluding hydrogens is 259 g/mol. The maximum Gasteiger partial charge on any atom is 0.415 e. The van der Waals surface area contributed by atoms with Crippen molar-refractivity contribution in [1.29, 1.82) is 0 Å². The highest BCUT2D eigenvalue weighted by molar-refractivity contribution is 5.86. The number of hydrogen-bond donors (Lipinski definition) is 2. The summed E-state index contributed by atoms with van der Waals surface area (Å²) in [6.07, 6.45) is -0.973. The van der Waals surface area contributed by atoms with Gasteiger partial charge in [-0.15, -0.1) is 0 Å². The summed E-state index contributed by atoms with van der Waals surface area (Å²) in [5.74, 6) is -1.17. The minimum absolute atomic E-state index is 0.196. The summed E-state index contributed by atoms with van der Waals surface area (Å²) in [6, 6.07) is 0. The molecule has 0 aromatic rings. The molecule has 1 rings (SSSR count). The van der Waals surface area contributed by atoms with E-state index in [1.807, 2.05) is 19.0 Å². The maximum atomic E-state index is 12.6. The van der Waals surface area contributed by atoms with E-state index in [-0.39, 0.29) is 12.1 Å². The molecule has 1 atom stereocenters.